The summed E-state index contributed by atoms with van der Waals surface area (Å²) in [7, 11) is 0. The molecule has 2 N–H and O–H groups in total. The van der Waals surface area contributed by atoms with E-state index < -0.39 is 0 Å². The lowest BCUT2D eigenvalue weighted by Gasteiger charge is -2.05. The molecule has 1 aromatic heterocycles. The zero-order valence-corrected chi connectivity index (χ0v) is 14.2. The number of rotatable bonds is 5. The Morgan fingerprint density at radius 1 is 1.17 bits per heavy atom. The number of thiophene rings is 1. The lowest BCUT2D eigenvalue weighted by atomic mass is 10.1. The standard InChI is InChI=1S/C17H14N2O3S2/c20-15(18-8-7-13-2-1-9-23-13)12-5-3-11(4-6-12)10-14-16(21)19-17(22)24-14/h1-6,9-10H,7-8H2,(H,18,20)(H,19,21,22). The molecule has 7 heteroatoms. The van der Waals surface area contributed by atoms with Gasteiger partial charge in [0.2, 0.25) is 0 Å². The van der Waals surface area contributed by atoms with Crippen molar-refractivity contribution in [2.45, 2.75) is 6.42 Å². The van der Waals surface area contributed by atoms with E-state index in [-0.39, 0.29) is 17.1 Å². The van der Waals surface area contributed by atoms with Crippen LogP contribution in [0.15, 0.2) is 46.7 Å². The first-order valence-electron chi connectivity index (χ1n) is 7.27. The molecule has 1 aliphatic rings. The fourth-order valence-electron chi connectivity index (χ4n) is 2.16. The maximum atomic E-state index is 12.1. The lowest BCUT2D eigenvalue weighted by Crippen LogP contribution is -2.25. The zero-order valence-electron chi connectivity index (χ0n) is 12.6. The maximum Gasteiger partial charge on any atom is 0.290 e. The van der Waals surface area contributed by atoms with Crippen molar-refractivity contribution in [3.8, 4) is 0 Å². The maximum absolute atomic E-state index is 12.1. The Morgan fingerprint density at radius 3 is 2.58 bits per heavy atom. The number of nitrogens with one attached hydrogen (secondary N) is 2. The van der Waals surface area contributed by atoms with Crippen LogP contribution in [0.3, 0.4) is 0 Å². The molecule has 2 heterocycles. The monoisotopic (exact) mass is 358 g/mol. The van der Waals surface area contributed by atoms with Crippen LogP contribution >= 0.6 is 23.1 Å². The van der Waals surface area contributed by atoms with Crippen LogP contribution in [0.4, 0.5) is 4.79 Å². The third-order valence-corrected chi connectivity index (χ3v) is 5.10. The highest BCUT2D eigenvalue weighted by atomic mass is 32.2. The van der Waals surface area contributed by atoms with Crippen molar-refractivity contribution < 1.29 is 14.4 Å². The number of thioether (sulfide) groups is 1. The van der Waals surface area contributed by atoms with Crippen LogP contribution in [-0.4, -0.2) is 23.6 Å². The summed E-state index contributed by atoms with van der Waals surface area (Å²) in [5.41, 5.74) is 1.32. The van der Waals surface area contributed by atoms with Crippen molar-refractivity contribution in [1.29, 1.82) is 0 Å². The molecule has 1 aromatic carbocycles. The molecule has 122 valence electrons. The molecule has 1 aliphatic heterocycles. The van der Waals surface area contributed by atoms with Gasteiger partial charge in [0.05, 0.1) is 4.91 Å². The van der Waals surface area contributed by atoms with Crippen LogP contribution < -0.4 is 10.6 Å². The van der Waals surface area contributed by atoms with Gasteiger partial charge in [-0.2, -0.15) is 0 Å². The fraction of sp³-hybridized carbons (Fsp3) is 0.118. The molecule has 0 unspecified atom stereocenters. The Morgan fingerprint density at radius 2 is 1.96 bits per heavy atom. The van der Waals surface area contributed by atoms with Crippen molar-refractivity contribution >= 4 is 46.2 Å². The van der Waals surface area contributed by atoms with Crippen molar-refractivity contribution in [2.75, 3.05) is 6.54 Å². The molecule has 0 saturated carbocycles. The van der Waals surface area contributed by atoms with Crippen LogP contribution in [0.5, 0.6) is 0 Å². The predicted molar refractivity (Wildman–Crippen MR) is 95.9 cm³/mol. The van der Waals surface area contributed by atoms with Gasteiger partial charge in [-0.05, 0) is 53.4 Å². The molecule has 0 aliphatic carbocycles. The second-order valence-electron chi connectivity index (χ2n) is 5.06. The van der Waals surface area contributed by atoms with Gasteiger partial charge in [-0.15, -0.1) is 11.3 Å². The fourth-order valence-corrected chi connectivity index (χ4v) is 3.55. The number of carbonyl (C=O) groups excluding carboxylic acids is 3. The van der Waals surface area contributed by atoms with E-state index in [1.807, 2.05) is 17.5 Å². The third-order valence-electron chi connectivity index (χ3n) is 3.35. The molecule has 3 rings (SSSR count). The minimum absolute atomic E-state index is 0.131. The van der Waals surface area contributed by atoms with Crippen LogP contribution in [0.1, 0.15) is 20.8 Å². The average Bonchev–Trinajstić information content (AvgIpc) is 3.18. The van der Waals surface area contributed by atoms with Crippen molar-refractivity contribution in [1.82, 2.24) is 10.6 Å². The molecule has 1 fully saturated rings. The van der Waals surface area contributed by atoms with E-state index in [4.69, 9.17) is 0 Å². The van der Waals surface area contributed by atoms with Crippen LogP contribution in [0.25, 0.3) is 6.08 Å². The highest BCUT2D eigenvalue weighted by Crippen LogP contribution is 2.25. The Labute approximate surface area is 147 Å². The van der Waals surface area contributed by atoms with Gasteiger partial charge in [-0.25, -0.2) is 0 Å². The second-order valence-corrected chi connectivity index (χ2v) is 7.11. The number of carbonyl (C=O) groups is 3. The van der Waals surface area contributed by atoms with Gasteiger partial charge in [0.1, 0.15) is 0 Å². The highest BCUT2D eigenvalue weighted by Gasteiger charge is 2.24. The molecule has 0 radical (unpaired) electrons. The van der Waals surface area contributed by atoms with E-state index in [1.54, 1.807) is 41.7 Å². The summed E-state index contributed by atoms with van der Waals surface area (Å²) < 4.78 is 0. The van der Waals surface area contributed by atoms with Gasteiger partial charge in [0.25, 0.3) is 17.1 Å². The van der Waals surface area contributed by atoms with Crippen LogP contribution in [0, 0.1) is 0 Å². The molecule has 0 spiro atoms. The van der Waals surface area contributed by atoms with E-state index in [9.17, 15) is 14.4 Å². The van der Waals surface area contributed by atoms with Gasteiger partial charge in [-0.1, -0.05) is 18.2 Å². The van der Waals surface area contributed by atoms with Crippen molar-refractivity contribution in [3.05, 3.63) is 62.7 Å². The summed E-state index contributed by atoms with van der Waals surface area (Å²) in [5.74, 6) is -0.519. The van der Waals surface area contributed by atoms with Gasteiger partial charge in [-0.3, -0.25) is 19.7 Å². The number of hydrogen-bond acceptors (Lipinski definition) is 5. The van der Waals surface area contributed by atoms with E-state index >= 15 is 0 Å². The van der Waals surface area contributed by atoms with Gasteiger partial charge >= 0.3 is 0 Å². The molecule has 3 amide bonds. The van der Waals surface area contributed by atoms with E-state index in [0.29, 0.717) is 17.0 Å². The summed E-state index contributed by atoms with van der Waals surface area (Å²) in [6, 6.07) is 10.9. The zero-order chi connectivity index (χ0) is 16.9. The van der Waals surface area contributed by atoms with Crippen molar-refractivity contribution in [2.24, 2.45) is 0 Å². The molecule has 5 nitrogen and oxygen atoms in total. The summed E-state index contributed by atoms with van der Waals surface area (Å²) in [6.07, 6.45) is 2.44. The number of benzene rings is 1. The molecule has 24 heavy (non-hydrogen) atoms. The normalized spacial score (nSPS) is 15.6. The predicted octanol–water partition coefficient (Wildman–Crippen LogP) is 3.04. The quantitative estimate of drug-likeness (QED) is 0.806. The van der Waals surface area contributed by atoms with Gasteiger partial charge in [0, 0.05) is 17.0 Å². The molecule has 0 atom stereocenters. The Kier molecular flexibility index (Phi) is 5.12. The SMILES string of the molecule is O=C1NC(=O)C(=Cc2ccc(C(=O)NCCc3cccs3)cc2)S1. The van der Waals surface area contributed by atoms with Gasteiger partial charge < -0.3 is 5.32 Å². The third kappa shape index (κ3) is 4.12. The largest absolute Gasteiger partial charge is 0.352 e. The molecule has 1 saturated heterocycles. The summed E-state index contributed by atoms with van der Waals surface area (Å²) in [6.45, 7) is 0.587. The van der Waals surface area contributed by atoms with E-state index in [1.165, 1.54) is 4.88 Å². The van der Waals surface area contributed by atoms with E-state index in [2.05, 4.69) is 10.6 Å². The topological polar surface area (TPSA) is 75.3 Å². The number of hydrogen-bond donors (Lipinski definition) is 2. The molecular formula is C17H14N2O3S2. The highest BCUT2D eigenvalue weighted by molar-refractivity contribution is 8.18. The van der Waals surface area contributed by atoms with E-state index in [0.717, 1.165) is 23.7 Å². The second kappa shape index (κ2) is 7.46. The smallest absolute Gasteiger partial charge is 0.290 e. The first kappa shape index (κ1) is 16.5. The summed E-state index contributed by atoms with van der Waals surface area (Å²) >= 11 is 2.54. The van der Waals surface area contributed by atoms with Gasteiger partial charge in [0.15, 0.2) is 0 Å². The number of imide groups is 1. The molecule has 0 bridgehead atoms. The number of amides is 3. The average molecular weight is 358 g/mol. The van der Waals surface area contributed by atoms with Crippen LogP contribution in [0.2, 0.25) is 0 Å². The summed E-state index contributed by atoms with van der Waals surface area (Å²) in [4.78, 5) is 36.3. The van der Waals surface area contributed by atoms with Crippen molar-refractivity contribution in [3.63, 3.8) is 0 Å². The Balaban J connectivity index is 1.57. The Hall–Kier alpha value is -2.38. The molecule has 2 aromatic rings. The lowest BCUT2D eigenvalue weighted by molar-refractivity contribution is -0.115. The van der Waals surface area contributed by atoms with Crippen LogP contribution in [-0.2, 0) is 11.2 Å². The Bertz CT molecular complexity index is 796. The minimum atomic E-state index is -0.389. The first-order chi connectivity index (χ1) is 11.6. The summed E-state index contributed by atoms with van der Waals surface area (Å²) in [5, 5.41) is 6.73. The first-order valence-corrected chi connectivity index (χ1v) is 8.97. The molecular weight excluding hydrogens is 344 g/mol. The minimum Gasteiger partial charge on any atom is -0.352 e.